The molecule has 0 saturated heterocycles. The molecular weight excluding hydrogens is 362 g/mol. The van der Waals surface area contributed by atoms with Crippen molar-refractivity contribution in [2.24, 2.45) is 0 Å². The highest BCUT2D eigenvalue weighted by Crippen LogP contribution is 2.28. The van der Waals surface area contributed by atoms with Gasteiger partial charge in [-0.15, -0.1) is 0 Å². The van der Waals surface area contributed by atoms with Crippen LogP contribution in [0, 0.1) is 11.3 Å². The van der Waals surface area contributed by atoms with E-state index in [1.807, 2.05) is 38.1 Å². The summed E-state index contributed by atoms with van der Waals surface area (Å²) in [5.41, 5.74) is 2.52. The molecule has 5 heteroatoms. The number of hydrogen-bond acceptors (Lipinski definition) is 4. The highest BCUT2D eigenvalue weighted by Gasteiger charge is 2.25. The van der Waals surface area contributed by atoms with E-state index in [1.165, 1.54) is 11.1 Å². The molecule has 5 nitrogen and oxygen atoms in total. The Labute approximate surface area is 176 Å². The van der Waals surface area contributed by atoms with Gasteiger partial charge < -0.3 is 15.3 Å². The van der Waals surface area contributed by atoms with Gasteiger partial charge in [0, 0.05) is 6.54 Å². The Bertz CT molecular complexity index is 704. The van der Waals surface area contributed by atoms with Gasteiger partial charge in [0.25, 0.3) is 0 Å². The third-order valence-corrected chi connectivity index (χ3v) is 5.11. The van der Waals surface area contributed by atoms with E-state index in [0.29, 0.717) is 19.5 Å². The molecule has 0 bridgehead atoms. The van der Waals surface area contributed by atoms with E-state index in [-0.39, 0.29) is 19.0 Å². The lowest BCUT2D eigenvalue weighted by atomic mass is 9.86. The number of nitrogens with zero attached hydrogens (tertiary/aromatic N) is 2. The molecule has 0 aliphatic rings. The molecule has 1 atom stereocenters. The van der Waals surface area contributed by atoms with Crippen LogP contribution < -0.4 is 5.32 Å². The Morgan fingerprint density at radius 1 is 1.34 bits per heavy atom. The largest absolute Gasteiger partial charge is 0.385 e. The van der Waals surface area contributed by atoms with Gasteiger partial charge >= 0.3 is 0 Å². The number of rotatable bonds is 13. The van der Waals surface area contributed by atoms with Crippen LogP contribution in [0.15, 0.2) is 35.9 Å². The van der Waals surface area contributed by atoms with E-state index >= 15 is 0 Å². The Kier molecular flexibility index (Phi) is 11.3. The van der Waals surface area contributed by atoms with Gasteiger partial charge in [-0.05, 0) is 63.6 Å². The first-order chi connectivity index (χ1) is 13.9. The van der Waals surface area contributed by atoms with Crippen molar-refractivity contribution >= 4 is 5.91 Å². The first-order valence-electron chi connectivity index (χ1n) is 10.7. The normalized spacial score (nSPS) is 13.6. The van der Waals surface area contributed by atoms with Crippen LogP contribution in [0.1, 0.15) is 64.5 Å². The molecule has 0 fully saturated rings. The molecule has 29 heavy (non-hydrogen) atoms. The topological polar surface area (TPSA) is 76.4 Å². The molecule has 0 aliphatic heterocycles. The second-order valence-electron chi connectivity index (χ2n) is 7.79. The number of aliphatic hydroxyl groups is 1. The predicted octanol–water partition coefficient (Wildman–Crippen LogP) is 3.92. The Balaban J connectivity index is 2.63. The quantitative estimate of drug-likeness (QED) is 0.299. The van der Waals surface area contributed by atoms with Crippen molar-refractivity contribution in [1.82, 2.24) is 10.2 Å². The molecule has 1 rings (SSSR count). The Morgan fingerprint density at radius 2 is 2.07 bits per heavy atom. The average molecular weight is 400 g/mol. The molecule has 160 valence electrons. The maximum atomic E-state index is 12.2. The summed E-state index contributed by atoms with van der Waals surface area (Å²) in [5.74, 6) is -0.0772. The van der Waals surface area contributed by atoms with Gasteiger partial charge in [0.05, 0.1) is 18.2 Å². The van der Waals surface area contributed by atoms with Gasteiger partial charge in [-0.1, -0.05) is 49.8 Å². The van der Waals surface area contributed by atoms with Crippen molar-refractivity contribution in [3.8, 4) is 6.07 Å². The third-order valence-electron chi connectivity index (χ3n) is 5.11. The average Bonchev–Trinajstić information content (AvgIpc) is 2.70. The fourth-order valence-electron chi connectivity index (χ4n) is 3.47. The van der Waals surface area contributed by atoms with Gasteiger partial charge in [-0.25, -0.2) is 0 Å². The number of allylic oxidation sites excluding steroid dienone is 2. The monoisotopic (exact) mass is 399 g/mol. The van der Waals surface area contributed by atoms with Crippen LogP contribution in [0.3, 0.4) is 0 Å². The Hall–Kier alpha value is -2.16. The van der Waals surface area contributed by atoms with Crippen LogP contribution in [-0.2, 0) is 16.8 Å². The maximum Gasteiger partial charge on any atom is 0.237 e. The fraction of sp³-hybridized carbons (Fsp3) is 0.583. The van der Waals surface area contributed by atoms with E-state index in [4.69, 9.17) is 5.26 Å². The SMILES string of the molecule is CC/C=C(\C)CCc1ccccc1C(C)(O)CCNCC(=O)N(CC#N)CCC. The summed E-state index contributed by atoms with van der Waals surface area (Å²) in [6.07, 6.45) is 6.51. The lowest BCUT2D eigenvalue weighted by molar-refractivity contribution is -0.129. The third kappa shape index (κ3) is 8.81. The Morgan fingerprint density at radius 3 is 2.72 bits per heavy atom. The number of benzene rings is 1. The van der Waals surface area contributed by atoms with Crippen LogP contribution in [0.4, 0.5) is 0 Å². The van der Waals surface area contributed by atoms with Gasteiger partial charge in [0.15, 0.2) is 0 Å². The maximum absolute atomic E-state index is 12.2. The van der Waals surface area contributed by atoms with Crippen LogP contribution in [0.25, 0.3) is 0 Å². The molecule has 1 aromatic carbocycles. The zero-order valence-corrected chi connectivity index (χ0v) is 18.5. The van der Waals surface area contributed by atoms with Gasteiger partial charge in [0.1, 0.15) is 6.54 Å². The molecule has 0 aliphatic carbocycles. The summed E-state index contributed by atoms with van der Waals surface area (Å²) in [4.78, 5) is 13.8. The molecule has 1 amide bonds. The molecule has 2 N–H and O–H groups in total. The van der Waals surface area contributed by atoms with Gasteiger partial charge in [-0.2, -0.15) is 5.26 Å². The van der Waals surface area contributed by atoms with Crippen molar-refractivity contribution in [3.63, 3.8) is 0 Å². The molecule has 1 aromatic rings. The summed E-state index contributed by atoms with van der Waals surface area (Å²) < 4.78 is 0. The predicted molar refractivity (Wildman–Crippen MR) is 118 cm³/mol. The second kappa shape index (κ2) is 13.1. The summed E-state index contributed by atoms with van der Waals surface area (Å²) in [7, 11) is 0. The van der Waals surface area contributed by atoms with Crippen molar-refractivity contribution < 1.29 is 9.90 Å². The molecular formula is C24H37N3O2. The molecule has 0 aromatic heterocycles. The van der Waals surface area contributed by atoms with E-state index in [0.717, 1.165) is 31.2 Å². The zero-order valence-electron chi connectivity index (χ0n) is 18.5. The number of nitrogens with one attached hydrogen (secondary N) is 1. The standard InChI is InChI=1S/C24H37N3O2/c1-5-9-20(3)12-13-21-10-7-8-11-22(21)24(4,29)14-16-26-19-23(28)27(17-6-2)18-15-25/h7-11,26,29H,5-6,12-14,16-19H2,1-4H3/b20-9+. The number of carbonyl (C=O) groups excluding carboxylic acids is 1. The minimum atomic E-state index is -0.967. The first-order valence-corrected chi connectivity index (χ1v) is 10.7. The fourth-order valence-corrected chi connectivity index (χ4v) is 3.47. The lowest BCUT2D eigenvalue weighted by Gasteiger charge is -2.27. The van der Waals surface area contributed by atoms with Crippen molar-refractivity contribution in [3.05, 3.63) is 47.0 Å². The number of amides is 1. The van der Waals surface area contributed by atoms with Crippen molar-refractivity contribution in [2.75, 3.05) is 26.2 Å². The first kappa shape index (κ1) is 24.9. The highest BCUT2D eigenvalue weighted by atomic mass is 16.3. The molecule has 0 saturated carbocycles. The summed E-state index contributed by atoms with van der Waals surface area (Å²) in [5, 5.41) is 23.1. The van der Waals surface area contributed by atoms with Crippen molar-refractivity contribution in [1.29, 1.82) is 5.26 Å². The number of aryl methyl sites for hydroxylation is 1. The van der Waals surface area contributed by atoms with Crippen molar-refractivity contribution in [2.45, 2.75) is 65.4 Å². The second-order valence-corrected chi connectivity index (χ2v) is 7.79. The van der Waals surface area contributed by atoms with Crippen LogP contribution in [0.5, 0.6) is 0 Å². The summed E-state index contributed by atoms with van der Waals surface area (Å²) >= 11 is 0. The van der Waals surface area contributed by atoms with Gasteiger partial charge in [0.2, 0.25) is 5.91 Å². The molecule has 0 radical (unpaired) electrons. The van der Waals surface area contributed by atoms with E-state index < -0.39 is 5.60 Å². The zero-order chi connectivity index (χ0) is 21.7. The molecule has 0 spiro atoms. The summed E-state index contributed by atoms with van der Waals surface area (Å²) in [6, 6.07) is 10.1. The smallest absolute Gasteiger partial charge is 0.237 e. The minimum absolute atomic E-state index is 0.0772. The van der Waals surface area contributed by atoms with E-state index in [2.05, 4.69) is 31.3 Å². The van der Waals surface area contributed by atoms with Crippen LogP contribution >= 0.6 is 0 Å². The number of nitriles is 1. The molecule has 1 unspecified atom stereocenters. The minimum Gasteiger partial charge on any atom is -0.385 e. The molecule has 0 heterocycles. The van der Waals surface area contributed by atoms with Crippen LogP contribution in [0.2, 0.25) is 0 Å². The van der Waals surface area contributed by atoms with E-state index in [9.17, 15) is 9.90 Å². The highest BCUT2D eigenvalue weighted by molar-refractivity contribution is 5.78. The van der Waals surface area contributed by atoms with Gasteiger partial charge in [-0.3, -0.25) is 4.79 Å². The lowest BCUT2D eigenvalue weighted by Crippen LogP contribution is -2.40. The number of hydrogen-bond donors (Lipinski definition) is 2. The van der Waals surface area contributed by atoms with Crippen LogP contribution in [-0.4, -0.2) is 42.1 Å². The van der Waals surface area contributed by atoms with E-state index in [1.54, 1.807) is 4.90 Å². The summed E-state index contributed by atoms with van der Waals surface area (Å²) in [6.45, 7) is 9.52. The number of carbonyl (C=O) groups is 1.